The lowest BCUT2D eigenvalue weighted by molar-refractivity contribution is -0.138. The van der Waals surface area contributed by atoms with Crippen LogP contribution in [0.1, 0.15) is 49.8 Å². The fraction of sp³-hybridized carbons (Fsp3) is 0.367. The molecule has 1 aliphatic carbocycles. The van der Waals surface area contributed by atoms with Gasteiger partial charge in [-0.25, -0.2) is 0 Å². The lowest BCUT2D eigenvalue weighted by Crippen LogP contribution is -2.52. The third-order valence-corrected chi connectivity index (χ3v) is 7.72. The van der Waals surface area contributed by atoms with E-state index in [4.69, 9.17) is 9.47 Å². The molecular weight excluding hydrogens is 514 g/mol. The Morgan fingerprint density at radius 1 is 1.00 bits per heavy atom. The van der Waals surface area contributed by atoms with Crippen molar-refractivity contribution in [1.29, 1.82) is 0 Å². The minimum atomic E-state index is -1.12. The second kappa shape index (κ2) is 11.7. The van der Waals surface area contributed by atoms with Gasteiger partial charge < -0.3 is 20.1 Å². The quantitative estimate of drug-likeness (QED) is 0.237. The number of rotatable bonds is 10. The Hall–Kier alpha value is -4.47. The summed E-state index contributed by atoms with van der Waals surface area (Å²) < 4.78 is 10.7. The maximum atomic E-state index is 13.4. The molecule has 0 unspecified atom stereocenters. The van der Waals surface area contributed by atoms with Gasteiger partial charge in [0.2, 0.25) is 30.4 Å². The van der Waals surface area contributed by atoms with Crippen LogP contribution >= 0.6 is 0 Å². The first-order valence-electron chi connectivity index (χ1n) is 13.4. The summed E-state index contributed by atoms with van der Waals surface area (Å²) in [6.07, 6.45) is 5.32. The monoisotopic (exact) mass is 545 g/mol. The van der Waals surface area contributed by atoms with Gasteiger partial charge in [0.05, 0.1) is 24.4 Å². The van der Waals surface area contributed by atoms with E-state index in [0.717, 1.165) is 30.4 Å². The van der Waals surface area contributed by atoms with Gasteiger partial charge in [-0.1, -0.05) is 49.7 Å². The zero-order valence-corrected chi connectivity index (χ0v) is 22.1. The van der Waals surface area contributed by atoms with Gasteiger partial charge in [-0.05, 0) is 48.1 Å². The highest BCUT2D eigenvalue weighted by Gasteiger charge is 2.48. The summed E-state index contributed by atoms with van der Waals surface area (Å²) in [6, 6.07) is 12.9. The fourth-order valence-corrected chi connectivity index (χ4v) is 5.22. The molecule has 208 valence electrons. The summed E-state index contributed by atoms with van der Waals surface area (Å²) in [5, 5.41) is 7.93. The maximum absolute atomic E-state index is 13.4. The van der Waals surface area contributed by atoms with E-state index in [1.165, 1.54) is 6.08 Å². The highest BCUT2D eigenvalue weighted by molar-refractivity contribution is 6.16. The van der Waals surface area contributed by atoms with Gasteiger partial charge in [0.25, 0.3) is 0 Å². The van der Waals surface area contributed by atoms with E-state index < -0.39 is 53.3 Å². The number of carbonyl (C=O) groups excluding carboxylic acids is 5. The summed E-state index contributed by atoms with van der Waals surface area (Å²) in [4.78, 5) is 63.8. The molecule has 0 bridgehead atoms. The molecule has 0 aromatic heterocycles. The summed E-state index contributed by atoms with van der Waals surface area (Å²) in [5.41, 5.74) is 1.47. The molecule has 0 radical (unpaired) electrons. The van der Waals surface area contributed by atoms with E-state index in [9.17, 15) is 24.0 Å². The van der Waals surface area contributed by atoms with Gasteiger partial charge in [-0.15, -0.1) is 0 Å². The SMILES string of the molecule is C[C@@H]1C(=O)NC(=O)[C@H]1C(=O)[C@@H](NC(=O)C[C@H](NC(=O)/C=C/c1ccc2c(c1)OCO2)c1ccccc1)C1CCC1. The summed E-state index contributed by atoms with van der Waals surface area (Å²) in [5.74, 6) is -3.14. The standard InChI is InChI=1S/C30H31N3O7/c1-17-26(30(38)33-29(17)37)28(36)27(20-8-5-9-20)32-25(35)15-21(19-6-3-2-4-7-19)31-24(34)13-11-18-10-12-22-23(14-18)40-16-39-22/h2-4,6-7,10-14,17,20-21,26-27H,5,8-9,15-16H2,1H3,(H,31,34)(H,32,35)(H,33,37,38)/b13-11+/t17-,21-,26+,27-/m0/s1. The van der Waals surface area contributed by atoms with Crippen LogP contribution in [0.4, 0.5) is 0 Å². The van der Waals surface area contributed by atoms with E-state index in [2.05, 4.69) is 16.0 Å². The van der Waals surface area contributed by atoms with Crippen LogP contribution in [0.3, 0.4) is 0 Å². The first-order valence-corrected chi connectivity index (χ1v) is 13.4. The number of fused-ring (bicyclic) bond motifs is 1. The number of Topliss-reactive ketones (excluding diaryl/α,β-unsaturated/α-hetero) is 1. The van der Waals surface area contributed by atoms with Gasteiger partial charge in [0.1, 0.15) is 5.92 Å². The molecule has 10 heteroatoms. The third kappa shape index (κ3) is 5.90. The first kappa shape index (κ1) is 27.1. The second-order valence-electron chi connectivity index (χ2n) is 10.4. The van der Waals surface area contributed by atoms with E-state index in [-0.39, 0.29) is 19.1 Å². The molecule has 2 aliphatic heterocycles. The number of amides is 4. The van der Waals surface area contributed by atoms with Crippen molar-refractivity contribution in [3.8, 4) is 11.5 Å². The Balaban J connectivity index is 1.27. The van der Waals surface area contributed by atoms with Crippen LogP contribution in [-0.2, 0) is 24.0 Å². The molecule has 0 spiro atoms. The molecule has 4 amide bonds. The molecule has 2 heterocycles. The Labute approximate surface area is 231 Å². The molecule has 1 saturated carbocycles. The highest BCUT2D eigenvalue weighted by atomic mass is 16.7. The van der Waals surface area contributed by atoms with Crippen molar-refractivity contribution in [3.63, 3.8) is 0 Å². The van der Waals surface area contributed by atoms with Crippen molar-refractivity contribution in [2.75, 3.05) is 6.79 Å². The van der Waals surface area contributed by atoms with Crippen LogP contribution in [0, 0.1) is 17.8 Å². The molecule has 40 heavy (non-hydrogen) atoms. The molecular formula is C30H31N3O7. The highest BCUT2D eigenvalue weighted by Crippen LogP contribution is 2.34. The number of ketones is 1. The van der Waals surface area contributed by atoms with Crippen molar-refractivity contribution >= 4 is 35.5 Å². The van der Waals surface area contributed by atoms with E-state index in [1.807, 2.05) is 30.3 Å². The summed E-state index contributed by atoms with van der Waals surface area (Å²) >= 11 is 0. The van der Waals surface area contributed by atoms with Crippen LogP contribution < -0.4 is 25.4 Å². The maximum Gasteiger partial charge on any atom is 0.244 e. The number of imide groups is 1. The Bertz CT molecular complexity index is 1350. The van der Waals surface area contributed by atoms with E-state index in [0.29, 0.717) is 11.5 Å². The van der Waals surface area contributed by atoms with Gasteiger partial charge in [0.15, 0.2) is 17.3 Å². The minimum Gasteiger partial charge on any atom is -0.454 e. The van der Waals surface area contributed by atoms with Gasteiger partial charge in [-0.3, -0.25) is 29.3 Å². The number of ether oxygens (including phenoxy) is 2. The Kier molecular flexibility index (Phi) is 7.95. The average Bonchev–Trinajstić information content (AvgIpc) is 3.48. The molecule has 2 aromatic rings. The molecule has 5 rings (SSSR count). The van der Waals surface area contributed by atoms with E-state index in [1.54, 1.807) is 31.2 Å². The average molecular weight is 546 g/mol. The predicted molar refractivity (Wildman–Crippen MR) is 144 cm³/mol. The predicted octanol–water partition coefficient (Wildman–Crippen LogP) is 2.44. The zero-order chi connectivity index (χ0) is 28.2. The van der Waals surface area contributed by atoms with Crippen molar-refractivity contribution in [2.24, 2.45) is 17.8 Å². The molecule has 3 aliphatic rings. The van der Waals surface area contributed by atoms with Crippen molar-refractivity contribution in [3.05, 3.63) is 65.7 Å². The van der Waals surface area contributed by atoms with Crippen LogP contribution in [-0.4, -0.2) is 42.2 Å². The van der Waals surface area contributed by atoms with Gasteiger partial charge in [0, 0.05) is 6.08 Å². The van der Waals surface area contributed by atoms with Gasteiger partial charge in [-0.2, -0.15) is 0 Å². The number of nitrogens with one attached hydrogen (secondary N) is 3. The third-order valence-electron chi connectivity index (χ3n) is 7.72. The van der Waals surface area contributed by atoms with E-state index >= 15 is 0 Å². The molecule has 1 saturated heterocycles. The zero-order valence-electron chi connectivity index (χ0n) is 22.1. The minimum absolute atomic E-state index is 0.0958. The summed E-state index contributed by atoms with van der Waals surface area (Å²) in [6.45, 7) is 1.70. The van der Waals surface area contributed by atoms with Crippen LogP contribution in [0.15, 0.2) is 54.6 Å². The number of benzene rings is 2. The van der Waals surface area contributed by atoms with Crippen molar-refractivity contribution in [2.45, 2.75) is 44.7 Å². The molecule has 2 fully saturated rings. The van der Waals surface area contributed by atoms with Crippen LogP contribution in [0.5, 0.6) is 11.5 Å². The van der Waals surface area contributed by atoms with Crippen LogP contribution in [0.2, 0.25) is 0 Å². The fourth-order valence-electron chi connectivity index (χ4n) is 5.22. The van der Waals surface area contributed by atoms with Gasteiger partial charge >= 0.3 is 0 Å². The molecule has 10 nitrogen and oxygen atoms in total. The first-order chi connectivity index (χ1) is 19.3. The largest absolute Gasteiger partial charge is 0.454 e. The number of hydrogen-bond acceptors (Lipinski definition) is 7. The molecule has 2 aromatic carbocycles. The Morgan fingerprint density at radius 2 is 1.75 bits per heavy atom. The summed E-state index contributed by atoms with van der Waals surface area (Å²) in [7, 11) is 0. The Morgan fingerprint density at radius 3 is 2.42 bits per heavy atom. The smallest absolute Gasteiger partial charge is 0.244 e. The topological polar surface area (TPSA) is 140 Å². The van der Waals surface area contributed by atoms with Crippen molar-refractivity contribution < 1.29 is 33.4 Å². The van der Waals surface area contributed by atoms with Crippen LogP contribution in [0.25, 0.3) is 6.08 Å². The normalized spacial score (nSPS) is 21.4. The van der Waals surface area contributed by atoms with Crippen molar-refractivity contribution in [1.82, 2.24) is 16.0 Å². The molecule has 3 N–H and O–H groups in total. The number of hydrogen-bond donors (Lipinski definition) is 3. The lowest BCUT2D eigenvalue weighted by Gasteiger charge is -2.35. The number of carbonyl (C=O) groups is 5. The second-order valence-corrected chi connectivity index (χ2v) is 10.4. The lowest BCUT2D eigenvalue weighted by atomic mass is 9.74. The molecule has 4 atom stereocenters.